The molecule has 18 atom stereocenters. The summed E-state index contributed by atoms with van der Waals surface area (Å²) in [5.41, 5.74) is 2.04. The maximum Gasteiger partial charge on any atom is 0.135 e. The summed E-state index contributed by atoms with van der Waals surface area (Å²) >= 11 is 0. The Bertz CT molecular complexity index is 1320. The molecule has 292 valence electrons. The number of rotatable bonds is 3. The van der Waals surface area contributed by atoms with E-state index in [1.165, 1.54) is 0 Å². The first-order valence-electron chi connectivity index (χ1n) is 19.9. The summed E-state index contributed by atoms with van der Waals surface area (Å²) in [6.07, 6.45) is -1.85. The minimum absolute atomic E-state index is 0.00785. The Morgan fingerprint density at radius 1 is 0.692 bits per heavy atom. The van der Waals surface area contributed by atoms with E-state index >= 15 is 0 Å². The summed E-state index contributed by atoms with van der Waals surface area (Å²) in [6, 6.07) is 0. The van der Waals surface area contributed by atoms with Gasteiger partial charge in [0.05, 0.1) is 67.6 Å². The van der Waals surface area contributed by atoms with Gasteiger partial charge in [0, 0.05) is 38.5 Å². The number of Topliss-reactive ketones (excluding diaryl/α,β-unsaturated/α-hetero) is 2. The lowest BCUT2D eigenvalue weighted by Crippen LogP contribution is -2.61. The van der Waals surface area contributed by atoms with Crippen LogP contribution in [0, 0.1) is 17.8 Å². The zero-order chi connectivity index (χ0) is 36.8. The van der Waals surface area contributed by atoms with Crippen LogP contribution in [-0.4, -0.2) is 130 Å². The van der Waals surface area contributed by atoms with E-state index in [2.05, 4.69) is 27.0 Å². The van der Waals surface area contributed by atoms with E-state index in [4.69, 9.17) is 28.4 Å². The van der Waals surface area contributed by atoms with Crippen molar-refractivity contribution in [3.8, 4) is 0 Å². The number of hydrogen-bond donors (Lipinski definition) is 4. The second-order valence-corrected chi connectivity index (χ2v) is 17.0. The maximum absolute atomic E-state index is 13.8. The largest absolute Gasteiger partial charge is 0.394 e. The molecule has 0 aromatic heterocycles. The summed E-state index contributed by atoms with van der Waals surface area (Å²) < 4.78 is 38.4. The molecule has 0 radical (unpaired) electrons. The van der Waals surface area contributed by atoms with Crippen LogP contribution in [-0.2, 0) is 38.0 Å². The minimum atomic E-state index is -1.08. The Kier molecular flexibility index (Phi) is 12.1. The van der Waals surface area contributed by atoms with Gasteiger partial charge in [0.15, 0.2) is 0 Å². The van der Waals surface area contributed by atoms with Gasteiger partial charge in [-0.1, -0.05) is 27.0 Å². The average molecular weight is 733 g/mol. The molecule has 52 heavy (non-hydrogen) atoms. The third-order valence-electron chi connectivity index (χ3n) is 13.3. The van der Waals surface area contributed by atoms with Gasteiger partial charge < -0.3 is 48.8 Å². The van der Waals surface area contributed by atoms with Gasteiger partial charge in [-0.05, 0) is 73.8 Å². The molecule has 7 aliphatic rings. The highest BCUT2D eigenvalue weighted by atomic mass is 16.6. The number of ketones is 2. The number of ether oxygens (including phenoxy) is 6. The fraction of sp³-hybridized carbons (Fsp3) is 0.850. The number of fused-ring (bicyclic) bond motifs is 7. The van der Waals surface area contributed by atoms with Crippen LogP contribution in [0.25, 0.3) is 0 Å². The normalized spacial score (nSPS) is 48.4. The van der Waals surface area contributed by atoms with Crippen molar-refractivity contribution < 1.29 is 58.4 Å². The minimum Gasteiger partial charge on any atom is -0.394 e. The number of carbonyl (C=O) groups excluding carboxylic acids is 2. The summed E-state index contributed by atoms with van der Waals surface area (Å²) in [5.74, 6) is 0.0495. The van der Waals surface area contributed by atoms with Crippen molar-refractivity contribution in [1.29, 1.82) is 0 Å². The van der Waals surface area contributed by atoms with Crippen LogP contribution in [0.4, 0.5) is 0 Å². The van der Waals surface area contributed by atoms with Gasteiger partial charge in [0.25, 0.3) is 0 Å². The van der Waals surface area contributed by atoms with Crippen molar-refractivity contribution in [2.24, 2.45) is 17.8 Å². The molecule has 7 fully saturated rings. The lowest BCUT2D eigenvalue weighted by molar-refractivity contribution is -0.259. The van der Waals surface area contributed by atoms with Crippen molar-refractivity contribution in [1.82, 2.24) is 0 Å². The number of hydrogen-bond acceptors (Lipinski definition) is 12. The summed E-state index contributed by atoms with van der Waals surface area (Å²) in [7, 11) is 0. The van der Waals surface area contributed by atoms with Crippen molar-refractivity contribution in [3.63, 3.8) is 0 Å². The molecule has 12 heteroatoms. The third-order valence-corrected chi connectivity index (χ3v) is 13.3. The molecule has 0 amide bonds. The van der Waals surface area contributed by atoms with Crippen molar-refractivity contribution in [2.45, 2.75) is 189 Å². The van der Waals surface area contributed by atoms with Gasteiger partial charge in [-0.25, -0.2) is 0 Å². The molecule has 7 saturated heterocycles. The van der Waals surface area contributed by atoms with Gasteiger partial charge >= 0.3 is 0 Å². The molecule has 8 bridgehead atoms. The first-order valence-corrected chi connectivity index (χ1v) is 19.9. The molecule has 0 aromatic carbocycles. The standard InChI is InChI=1S/C40H60O12/c1-19-11-27-7-9-30-20(2)12-26(47-30)6-5-23(42)15-35-36(45)39-40(52-35)37(46)38-31(51-39)10-8-28(49-38)13-24(43)14-29-22(4)32(16-25(44)18-41)50-34(29)17-33(48-27)21(19)3/h19,22,25-41,44-46H,2-3,5-18H2,1,4H3/t19-,22-,25+,26?,27+,28-,29-,30+,31+,32-,33?,34+,35-,36+,37+,38+,39+,40+/m1/s1. The molecule has 0 saturated carbocycles. The third kappa shape index (κ3) is 8.17. The van der Waals surface area contributed by atoms with Crippen LogP contribution in [0.3, 0.4) is 0 Å². The molecule has 2 unspecified atom stereocenters. The Hall–Kier alpha value is -1.58. The lowest BCUT2D eigenvalue weighted by Gasteiger charge is -2.46. The van der Waals surface area contributed by atoms with Crippen molar-refractivity contribution in [3.05, 3.63) is 24.3 Å². The molecular weight excluding hydrogens is 672 g/mol. The fourth-order valence-corrected chi connectivity index (χ4v) is 10.1. The predicted molar refractivity (Wildman–Crippen MR) is 187 cm³/mol. The van der Waals surface area contributed by atoms with E-state index < -0.39 is 54.9 Å². The van der Waals surface area contributed by atoms with Crippen LogP contribution >= 0.6 is 0 Å². The SMILES string of the molecule is C=C1C2C[C@@H]3O[C@H](C[C@H](O)CO)[C@H](C)[C@H]3CC(=O)C[C@H]3CC[C@@H]4O[C@H]5[C@@H](O)[C@@H](CC(=O)CCC6CC(=C)[C@H](CC[C@@H](C[C@H]1C)O2)O6)O[C@H]5[C@@H](O)[C@H]4O3. The number of aliphatic hydroxyl groups is 4. The van der Waals surface area contributed by atoms with E-state index in [-0.39, 0.29) is 105 Å². The van der Waals surface area contributed by atoms with Crippen LogP contribution in [0.15, 0.2) is 24.3 Å². The molecular formula is C40H60O12. The van der Waals surface area contributed by atoms with Crippen LogP contribution < -0.4 is 0 Å². The molecule has 4 N–H and O–H groups in total. The molecule has 7 aliphatic heterocycles. The first-order chi connectivity index (χ1) is 24.9. The predicted octanol–water partition coefficient (Wildman–Crippen LogP) is 2.89. The maximum atomic E-state index is 13.8. The number of carbonyl (C=O) groups is 2. The lowest BCUT2D eigenvalue weighted by atomic mass is 9.79. The Morgan fingerprint density at radius 2 is 1.40 bits per heavy atom. The van der Waals surface area contributed by atoms with E-state index in [9.17, 15) is 30.0 Å². The van der Waals surface area contributed by atoms with E-state index in [0.717, 1.165) is 30.4 Å². The molecule has 7 heterocycles. The van der Waals surface area contributed by atoms with Crippen molar-refractivity contribution >= 4 is 11.6 Å². The quantitative estimate of drug-likeness (QED) is 0.314. The van der Waals surface area contributed by atoms with Gasteiger partial charge in [-0.2, -0.15) is 0 Å². The summed E-state index contributed by atoms with van der Waals surface area (Å²) in [5, 5.41) is 42.5. The Balaban J connectivity index is 1.10. The molecule has 0 aromatic rings. The van der Waals surface area contributed by atoms with Gasteiger partial charge in [0.2, 0.25) is 0 Å². The smallest absolute Gasteiger partial charge is 0.135 e. The zero-order valence-corrected chi connectivity index (χ0v) is 30.8. The zero-order valence-electron chi connectivity index (χ0n) is 30.8. The van der Waals surface area contributed by atoms with Crippen LogP contribution in [0.5, 0.6) is 0 Å². The van der Waals surface area contributed by atoms with Crippen LogP contribution in [0.2, 0.25) is 0 Å². The molecule has 0 aliphatic carbocycles. The molecule has 0 spiro atoms. The molecule has 7 rings (SSSR count). The highest BCUT2D eigenvalue weighted by Gasteiger charge is 2.57. The van der Waals surface area contributed by atoms with E-state index in [0.29, 0.717) is 32.1 Å². The summed E-state index contributed by atoms with van der Waals surface area (Å²) in [6.45, 7) is 12.6. The second-order valence-electron chi connectivity index (χ2n) is 17.0. The fourth-order valence-electron chi connectivity index (χ4n) is 10.1. The summed E-state index contributed by atoms with van der Waals surface area (Å²) in [4.78, 5) is 26.9. The van der Waals surface area contributed by atoms with Gasteiger partial charge in [-0.3, -0.25) is 9.59 Å². The molecule has 12 nitrogen and oxygen atoms in total. The average Bonchev–Trinajstić information content (AvgIpc) is 3.73. The Labute approximate surface area is 307 Å². The second kappa shape index (κ2) is 16.3. The monoisotopic (exact) mass is 732 g/mol. The number of aliphatic hydroxyl groups excluding tert-OH is 4. The van der Waals surface area contributed by atoms with Gasteiger partial charge in [0.1, 0.15) is 42.1 Å². The Morgan fingerprint density at radius 3 is 2.19 bits per heavy atom. The van der Waals surface area contributed by atoms with Crippen molar-refractivity contribution in [2.75, 3.05) is 6.61 Å². The topological polar surface area (TPSA) is 170 Å². The highest BCUT2D eigenvalue weighted by molar-refractivity contribution is 5.79. The van der Waals surface area contributed by atoms with Gasteiger partial charge in [-0.15, -0.1) is 0 Å². The van der Waals surface area contributed by atoms with Crippen LogP contribution in [0.1, 0.15) is 97.3 Å². The van der Waals surface area contributed by atoms with E-state index in [1.54, 1.807) is 0 Å². The highest BCUT2D eigenvalue weighted by Crippen LogP contribution is 2.44. The first kappa shape index (κ1) is 38.7. The van der Waals surface area contributed by atoms with E-state index in [1.807, 2.05) is 0 Å².